The van der Waals surface area contributed by atoms with Crippen molar-refractivity contribution in [3.8, 4) is 0 Å². The van der Waals surface area contributed by atoms with Gasteiger partial charge in [-0.05, 0) is 24.6 Å². The van der Waals surface area contributed by atoms with Crippen LogP contribution in [0.1, 0.15) is 29.3 Å². The van der Waals surface area contributed by atoms with Crippen molar-refractivity contribution in [1.29, 1.82) is 5.41 Å². The predicted octanol–water partition coefficient (Wildman–Crippen LogP) is 3.17. The highest BCUT2D eigenvalue weighted by Crippen LogP contribution is 2.21. The van der Waals surface area contributed by atoms with Gasteiger partial charge in [-0.3, -0.25) is 0 Å². The van der Waals surface area contributed by atoms with Crippen LogP contribution in [0.2, 0.25) is 0 Å². The average molecular weight is 299 g/mol. The first kappa shape index (κ1) is 16.2. The van der Waals surface area contributed by atoms with Crippen LogP contribution < -0.4 is 5.32 Å². The Morgan fingerprint density at radius 3 is 2.65 bits per heavy atom. The summed E-state index contributed by atoms with van der Waals surface area (Å²) in [6.07, 6.45) is 1.80. The van der Waals surface area contributed by atoms with Gasteiger partial charge in [-0.2, -0.15) is 0 Å². The first-order valence-electron chi connectivity index (χ1n) is 6.06. The largest absolute Gasteiger partial charge is 0.465 e. The summed E-state index contributed by atoms with van der Waals surface area (Å²) in [4.78, 5) is 11.5. The molecule has 0 aliphatic heterocycles. The number of esters is 1. The molecule has 1 aromatic carbocycles. The molecule has 0 heterocycles. The maximum atomic E-state index is 13.6. The number of ether oxygens (including phenoxy) is 1. The van der Waals surface area contributed by atoms with Gasteiger partial charge in [0.05, 0.1) is 23.4 Å². The van der Waals surface area contributed by atoms with Crippen molar-refractivity contribution in [1.82, 2.24) is 5.32 Å². The number of benzene rings is 1. The molecule has 0 saturated carbocycles. The lowest BCUT2D eigenvalue weighted by atomic mass is 10.1. The van der Waals surface area contributed by atoms with Gasteiger partial charge in [0.25, 0.3) is 0 Å². The van der Waals surface area contributed by atoms with Gasteiger partial charge in [-0.15, -0.1) is 0 Å². The molecule has 0 aromatic heterocycles. The molecule has 0 saturated heterocycles. The van der Waals surface area contributed by atoms with Gasteiger partial charge in [-0.1, -0.05) is 18.5 Å². The molecule has 0 radical (unpaired) electrons. The van der Waals surface area contributed by atoms with Gasteiger partial charge in [0.2, 0.25) is 0 Å². The second kappa shape index (κ2) is 7.65. The average Bonchev–Trinajstić information content (AvgIpc) is 2.45. The number of carbonyl (C=O) groups is 1. The fraction of sp³-hybridized carbons (Fsp3) is 0.286. The lowest BCUT2D eigenvalue weighted by Crippen LogP contribution is -2.15. The Morgan fingerprint density at radius 1 is 1.45 bits per heavy atom. The summed E-state index contributed by atoms with van der Waals surface area (Å²) in [6, 6.07) is 3.81. The van der Waals surface area contributed by atoms with Crippen molar-refractivity contribution in [3.63, 3.8) is 0 Å². The van der Waals surface area contributed by atoms with Gasteiger partial charge in [0.15, 0.2) is 0 Å². The molecule has 0 spiro atoms. The van der Waals surface area contributed by atoms with Gasteiger partial charge in [0.1, 0.15) is 5.82 Å². The number of methoxy groups -OCH3 is 1. The van der Waals surface area contributed by atoms with E-state index in [0.717, 1.165) is 18.7 Å². The SMILES string of the molecule is CCCN/C(=C(/Cl)C=N)c1cc(F)cc(C(=O)OC)c1. The number of nitrogens with one attached hydrogen (secondary N) is 2. The number of allylic oxidation sites excluding steroid dienone is 1. The Balaban J connectivity index is 3.30. The summed E-state index contributed by atoms with van der Waals surface area (Å²) in [5.74, 6) is -1.21. The van der Waals surface area contributed by atoms with Crippen molar-refractivity contribution in [3.05, 3.63) is 40.2 Å². The summed E-state index contributed by atoms with van der Waals surface area (Å²) in [7, 11) is 1.23. The van der Waals surface area contributed by atoms with Gasteiger partial charge in [0, 0.05) is 18.3 Å². The maximum Gasteiger partial charge on any atom is 0.337 e. The summed E-state index contributed by atoms with van der Waals surface area (Å²) < 4.78 is 18.2. The van der Waals surface area contributed by atoms with E-state index in [1.54, 1.807) is 0 Å². The number of rotatable bonds is 6. The summed E-state index contributed by atoms with van der Waals surface area (Å²) in [6.45, 7) is 2.58. The molecule has 2 N–H and O–H groups in total. The molecule has 0 amide bonds. The van der Waals surface area contributed by atoms with Gasteiger partial charge >= 0.3 is 5.97 Å². The molecule has 108 valence electrons. The van der Waals surface area contributed by atoms with Crippen LogP contribution in [-0.4, -0.2) is 25.8 Å². The highest BCUT2D eigenvalue weighted by atomic mass is 35.5. The molecule has 0 aliphatic carbocycles. The van der Waals surface area contributed by atoms with E-state index in [9.17, 15) is 9.18 Å². The number of hydrogen-bond donors (Lipinski definition) is 2. The minimum atomic E-state index is -0.633. The molecule has 20 heavy (non-hydrogen) atoms. The van der Waals surface area contributed by atoms with Crippen LogP contribution in [0.15, 0.2) is 23.2 Å². The lowest BCUT2D eigenvalue weighted by Gasteiger charge is -2.13. The minimum absolute atomic E-state index is 0.0905. The zero-order valence-electron chi connectivity index (χ0n) is 11.3. The highest BCUT2D eigenvalue weighted by molar-refractivity contribution is 6.42. The fourth-order valence-electron chi connectivity index (χ4n) is 1.62. The molecule has 0 fully saturated rings. The Bertz CT molecular complexity index is 544. The summed E-state index contributed by atoms with van der Waals surface area (Å²) in [5.41, 5.74) is 0.897. The third kappa shape index (κ3) is 4.06. The zero-order chi connectivity index (χ0) is 15.1. The van der Waals surface area contributed by atoms with E-state index in [4.69, 9.17) is 17.0 Å². The Hall–Kier alpha value is -1.88. The Kier molecular flexibility index (Phi) is 6.18. The topological polar surface area (TPSA) is 62.2 Å². The maximum absolute atomic E-state index is 13.6. The standard InChI is InChI=1S/C14H16ClFN2O2/c1-3-4-18-13(12(15)8-17)9-5-10(14(19)20-2)7-11(16)6-9/h5-8,17-18H,3-4H2,1-2H3/b13-12+,17-8?. The molecule has 1 rings (SSSR count). The second-order valence-corrected chi connectivity index (χ2v) is 4.42. The third-order valence-corrected chi connectivity index (χ3v) is 2.82. The van der Waals surface area contributed by atoms with E-state index < -0.39 is 11.8 Å². The van der Waals surface area contributed by atoms with Crippen LogP contribution in [0, 0.1) is 11.2 Å². The van der Waals surface area contributed by atoms with E-state index in [0.29, 0.717) is 17.8 Å². The summed E-state index contributed by atoms with van der Waals surface area (Å²) in [5, 5.41) is 10.4. The van der Waals surface area contributed by atoms with E-state index in [1.165, 1.54) is 19.2 Å². The quantitative estimate of drug-likeness (QED) is 0.626. The van der Waals surface area contributed by atoms with E-state index in [2.05, 4.69) is 10.1 Å². The van der Waals surface area contributed by atoms with Crippen LogP contribution >= 0.6 is 11.6 Å². The number of halogens is 2. The molecule has 4 nitrogen and oxygen atoms in total. The molecular formula is C14H16ClFN2O2. The van der Waals surface area contributed by atoms with Crippen LogP contribution in [0.4, 0.5) is 4.39 Å². The van der Waals surface area contributed by atoms with E-state index >= 15 is 0 Å². The van der Waals surface area contributed by atoms with Crippen LogP contribution in [-0.2, 0) is 4.74 Å². The minimum Gasteiger partial charge on any atom is -0.465 e. The van der Waals surface area contributed by atoms with Crippen LogP contribution in [0.5, 0.6) is 0 Å². The number of carbonyl (C=O) groups excluding carboxylic acids is 1. The van der Waals surface area contributed by atoms with Gasteiger partial charge in [-0.25, -0.2) is 9.18 Å². The van der Waals surface area contributed by atoms with Crippen LogP contribution in [0.3, 0.4) is 0 Å². The Labute approximate surface area is 122 Å². The van der Waals surface area contributed by atoms with E-state index in [-0.39, 0.29) is 10.6 Å². The highest BCUT2D eigenvalue weighted by Gasteiger charge is 2.13. The van der Waals surface area contributed by atoms with Gasteiger partial charge < -0.3 is 15.5 Å². The smallest absolute Gasteiger partial charge is 0.337 e. The number of hydrogen-bond acceptors (Lipinski definition) is 4. The monoisotopic (exact) mass is 298 g/mol. The lowest BCUT2D eigenvalue weighted by molar-refractivity contribution is 0.0600. The van der Waals surface area contributed by atoms with Crippen molar-refractivity contribution in [2.24, 2.45) is 0 Å². The third-order valence-electron chi connectivity index (χ3n) is 2.52. The summed E-state index contributed by atoms with van der Waals surface area (Å²) >= 11 is 5.96. The molecule has 0 aliphatic rings. The van der Waals surface area contributed by atoms with Crippen molar-refractivity contribution < 1.29 is 13.9 Å². The van der Waals surface area contributed by atoms with Crippen molar-refractivity contribution >= 4 is 29.5 Å². The molecule has 1 aromatic rings. The molecule has 0 atom stereocenters. The van der Waals surface area contributed by atoms with Crippen LogP contribution in [0.25, 0.3) is 5.70 Å². The molecule has 0 unspecified atom stereocenters. The molecule has 0 bridgehead atoms. The fourth-order valence-corrected chi connectivity index (χ4v) is 1.79. The van der Waals surface area contributed by atoms with Crippen molar-refractivity contribution in [2.75, 3.05) is 13.7 Å². The normalized spacial score (nSPS) is 11.6. The first-order chi connectivity index (χ1) is 9.53. The molecular weight excluding hydrogens is 283 g/mol. The molecule has 6 heteroatoms. The second-order valence-electron chi connectivity index (χ2n) is 4.01. The first-order valence-corrected chi connectivity index (χ1v) is 6.44. The zero-order valence-corrected chi connectivity index (χ0v) is 12.1. The Morgan fingerprint density at radius 2 is 2.10 bits per heavy atom. The van der Waals surface area contributed by atoms with Crippen molar-refractivity contribution in [2.45, 2.75) is 13.3 Å². The van der Waals surface area contributed by atoms with E-state index in [1.807, 2.05) is 6.92 Å². The predicted molar refractivity (Wildman–Crippen MR) is 77.6 cm³/mol.